The van der Waals surface area contributed by atoms with Gasteiger partial charge in [0.1, 0.15) is 0 Å². The molecule has 0 spiro atoms. The number of nitrogens with zero attached hydrogens (tertiary/aromatic N) is 1. The van der Waals surface area contributed by atoms with E-state index in [-0.39, 0.29) is 19.1 Å². The molecule has 0 saturated carbocycles. The van der Waals surface area contributed by atoms with Crippen molar-refractivity contribution in [2.75, 3.05) is 19.7 Å². The van der Waals surface area contributed by atoms with Gasteiger partial charge in [0.05, 0.1) is 13.2 Å². The number of amides is 1. The van der Waals surface area contributed by atoms with Crippen LogP contribution < -0.4 is 0 Å². The van der Waals surface area contributed by atoms with Gasteiger partial charge in [-0.2, -0.15) is 0 Å². The van der Waals surface area contributed by atoms with Crippen molar-refractivity contribution < 1.29 is 19.4 Å². The Kier molecular flexibility index (Phi) is 4.41. The molecule has 1 aromatic rings. The van der Waals surface area contributed by atoms with Crippen LogP contribution in [0.25, 0.3) is 0 Å². The van der Waals surface area contributed by atoms with Gasteiger partial charge in [0.2, 0.25) is 0 Å². The van der Waals surface area contributed by atoms with Crippen LogP contribution in [-0.4, -0.2) is 47.7 Å². The maximum Gasteiger partial charge on any atom is 0.334 e. The van der Waals surface area contributed by atoms with Gasteiger partial charge in [0, 0.05) is 15.7 Å². The highest BCUT2D eigenvalue weighted by Crippen LogP contribution is 2.16. The number of benzene rings is 1. The van der Waals surface area contributed by atoms with Gasteiger partial charge in [-0.05, 0) is 47.2 Å². The molecule has 6 heteroatoms. The summed E-state index contributed by atoms with van der Waals surface area (Å²) in [6, 6.07) is 5.48. The summed E-state index contributed by atoms with van der Waals surface area (Å²) in [4.78, 5) is 24.7. The standard InChI is InChI=1S/C13H14INO4/c1-8-2-3-9(6-10(8)14)12(16)15-4-5-19-11(7-15)13(17)18/h2-3,6,11H,4-5,7H2,1H3,(H,17,18). The first-order chi connectivity index (χ1) is 8.99. The Labute approximate surface area is 124 Å². The maximum atomic E-state index is 12.3. The molecule has 0 bridgehead atoms. The van der Waals surface area contributed by atoms with Crippen LogP contribution in [0.5, 0.6) is 0 Å². The van der Waals surface area contributed by atoms with Crippen molar-refractivity contribution in [3.8, 4) is 0 Å². The summed E-state index contributed by atoms with van der Waals surface area (Å²) in [5, 5.41) is 8.92. The number of carboxylic acids is 1. The number of morpholine rings is 1. The number of carboxylic acid groups (broad SMARTS) is 1. The molecule has 1 aliphatic heterocycles. The molecule has 1 amide bonds. The lowest BCUT2D eigenvalue weighted by molar-refractivity contribution is -0.154. The molecule has 1 aliphatic rings. The van der Waals surface area contributed by atoms with E-state index >= 15 is 0 Å². The minimum Gasteiger partial charge on any atom is -0.479 e. The summed E-state index contributed by atoms with van der Waals surface area (Å²) >= 11 is 2.18. The highest BCUT2D eigenvalue weighted by molar-refractivity contribution is 14.1. The zero-order chi connectivity index (χ0) is 14.0. The molecule has 0 aromatic heterocycles. The first-order valence-electron chi connectivity index (χ1n) is 5.89. The normalized spacial score (nSPS) is 19.3. The molecule has 1 unspecified atom stereocenters. The van der Waals surface area contributed by atoms with Gasteiger partial charge >= 0.3 is 5.97 Å². The molecular formula is C13H14INO4. The Morgan fingerprint density at radius 1 is 1.47 bits per heavy atom. The van der Waals surface area contributed by atoms with Gasteiger partial charge in [-0.1, -0.05) is 6.07 Å². The van der Waals surface area contributed by atoms with Crippen molar-refractivity contribution in [2.24, 2.45) is 0 Å². The Bertz CT molecular complexity index is 517. The van der Waals surface area contributed by atoms with Crippen molar-refractivity contribution in [3.63, 3.8) is 0 Å². The molecule has 1 aromatic carbocycles. The van der Waals surface area contributed by atoms with Crippen LogP contribution in [0.3, 0.4) is 0 Å². The largest absolute Gasteiger partial charge is 0.479 e. The summed E-state index contributed by atoms with van der Waals surface area (Å²) in [7, 11) is 0. The van der Waals surface area contributed by atoms with Crippen molar-refractivity contribution in [2.45, 2.75) is 13.0 Å². The number of hydrogen-bond acceptors (Lipinski definition) is 3. The van der Waals surface area contributed by atoms with E-state index in [1.807, 2.05) is 19.1 Å². The molecule has 1 N–H and O–H groups in total. The third-order valence-electron chi connectivity index (χ3n) is 3.05. The minimum atomic E-state index is -1.03. The number of aliphatic carboxylic acids is 1. The lowest BCUT2D eigenvalue weighted by Gasteiger charge is -2.31. The van der Waals surface area contributed by atoms with E-state index in [9.17, 15) is 9.59 Å². The van der Waals surface area contributed by atoms with Crippen molar-refractivity contribution in [1.82, 2.24) is 4.90 Å². The zero-order valence-electron chi connectivity index (χ0n) is 10.4. The van der Waals surface area contributed by atoms with Crippen LogP contribution in [0, 0.1) is 10.5 Å². The Morgan fingerprint density at radius 3 is 2.84 bits per heavy atom. The summed E-state index contributed by atoms with van der Waals surface area (Å²) in [6.45, 7) is 2.75. The fraction of sp³-hybridized carbons (Fsp3) is 0.385. The van der Waals surface area contributed by atoms with Gasteiger partial charge in [0.25, 0.3) is 5.91 Å². The SMILES string of the molecule is Cc1ccc(C(=O)N2CCOC(C(=O)O)C2)cc1I. The van der Waals surface area contributed by atoms with Crippen LogP contribution >= 0.6 is 22.6 Å². The fourth-order valence-corrected chi connectivity index (χ4v) is 2.41. The predicted octanol–water partition coefficient (Wildman–Crippen LogP) is 1.53. The molecule has 1 atom stereocenters. The topological polar surface area (TPSA) is 66.8 Å². The van der Waals surface area contributed by atoms with E-state index in [0.29, 0.717) is 12.1 Å². The Balaban J connectivity index is 2.14. The second-order valence-corrected chi connectivity index (χ2v) is 5.57. The zero-order valence-corrected chi connectivity index (χ0v) is 12.6. The number of rotatable bonds is 2. The van der Waals surface area contributed by atoms with E-state index in [4.69, 9.17) is 9.84 Å². The summed E-state index contributed by atoms with van der Waals surface area (Å²) < 4.78 is 6.12. The lowest BCUT2D eigenvalue weighted by atomic mass is 10.1. The Morgan fingerprint density at radius 2 is 2.21 bits per heavy atom. The van der Waals surface area contributed by atoms with E-state index in [1.54, 1.807) is 6.07 Å². The molecule has 1 fully saturated rings. The summed E-state index contributed by atoms with van der Waals surface area (Å²) in [6.07, 6.45) is -0.928. The van der Waals surface area contributed by atoms with Crippen molar-refractivity contribution >= 4 is 34.5 Å². The van der Waals surface area contributed by atoms with Gasteiger partial charge in [-0.3, -0.25) is 4.79 Å². The van der Waals surface area contributed by atoms with Gasteiger partial charge < -0.3 is 14.7 Å². The van der Waals surface area contributed by atoms with Crippen LogP contribution in [0.4, 0.5) is 0 Å². The maximum absolute atomic E-state index is 12.3. The van der Waals surface area contributed by atoms with Gasteiger partial charge in [-0.25, -0.2) is 4.79 Å². The molecule has 102 valence electrons. The number of aryl methyl sites for hydroxylation is 1. The van der Waals surface area contributed by atoms with Crippen LogP contribution in [-0.2, 0) is 9.53 Å². The second-order valence-electron chi connectivity index (χ2n) is 4.41. The van der Waals surface area contributed by atoms with Gasteiger partial charge in [-0.15, -0.1) is 0 Å². The predicted molar refractivity (Wildman–Crippen MR) is 77.2 cm³/mol. The van der Waals surface area contributed by atoms with Crippen molar-refractivity contribution in [1.29, 1.82) is 0 Å². The first-order valence-corrected chi connectivity index (χ1v) is 6.96. The van der Waals surface area contributed by atoms with Gasteiger partial charge in [0.15, 0.2) is 6.10 Å². The number of hydrogen-bond donors (Lipinski definition) is 1. The molecule has 2 rings (SSSR count). The molecule has 19 heavy (non-hydrogen) atoms. The van der Waals surface area contributed by atoms with Crippen LogP contribution in [0.1, 0.15) is 15.9 Å². The highest BCUT2D eigenvalue weighted by Gasteiger charge is 2.29. The molecule has 1 saturated heterocycles. The fourth-order valence-electron chi connectivity index (χ4n) is 1.89. The summed E-state index contributed by atoms with van der Waals surface area (Å²) in [5.74, 6) is -1.18. The van der Waals surface area contributed by atoms with E-state index in [0.717, 1.165) is 9.13 Å². The molecular weight excluding hydrogens is 361 g/mol. The van der Waals surface area contributed by atoms with E-state index < -0.39 is 12.1 Å². The number of carbonyl (C=O) groups excluding carboxylic acids is 1. The van der Waals surface area contributed by atoms with Crippen LogP contribution in [0.2, 0.25) is 0 Å². The average molecular weight is 375 g/mol. The van der Waals surface area contributed by atoms with E-state index in [2.05, 4.69) is 22.6 Å². The average Bonchev–Trinajstić information content (AvgIpc) is 2.41. The number of ether oxygens (including phenoxy) is 1. The molecule has 1 heterocycles. The molecule has 0 radical (unpaired) electrons. The monoisotopic (exact) mass is 375 g/mol. The first kappa shape index (κ1) is 14.3. The second kappa shape index (κ2) is 5.87. The van der Waals surface area contributed by atoms with Crippen molar-refractivity contribution in [3.05, 3.63) is 32.9 Å². The third kappa shape index (κ3) is 3.24. The number of halogens is 1. The third-order valence-corrected chi connectivity index (χ3v) is 4.21. The number of carbonyl (C=O) groups is 2. The molecule has 5 nitrogen and oxygen atoms in total. The highest BCUT2D eigenvalue weighted by atomic mass is 127. The van der Waals surface area contributed by atoms with Crippen LogP contribution in [0.15, 0.2) is 18.2 Å². The lowest BCUT2D eigenvalue weighted by Crippen LogP contribution is -2.48. The summed E-state index contributed by atoms with van der Waals surface area (Å²) in [5.41, 5.74) is 1.70. The quantitative estimate of drug-likeness (QED) is 0.797. The Hall–Kier alpha value is -1.15. The molecule has 0 aliphatic carbocycles. The minimum absolute atomic E-state index is 0.0959. The van der Waals surface area contributed by atoms with E-state index in [1.165, 1.54) is 4.90 Å². The smallest absolute Gasteiger partial charge is 0.334 e.